The fourth-order valence-electron chi connectivity index (χ4n) is 4.66. The highest BCUT2D eigenvalue weighted by atomic mass is 16.5. The van der Waals surface area contributed by atoms with Crippen molar-refractivity contribution in [2.45, 2.75) is 50.3 Å². The fourth-order valence-corrected chi connectivity index (χ4v) is 4.66. The first-order valence-electron chi connectivity index (χ1n) is 10.3. The Hall–Kier alpha value is -2.44. The van der Waals surface area contributed by atoms with E-state index < -0.39 is 0 Å². The van der Waals surface area contributed by atoms with Crippen molar-refractivity contribution in [3.63, 3.8) is 0 Å². The van der Waals surface area contributed by atoms with Crippen LogP contribution in [0.25, 0.3) is 5.65 Å². The zero-order valence-corrected chi connectivity index (χ0v) is 16.3. The predicted molar refractivity (Wildman–Crippen MR) is 108 cm³/mol. The van der Waals surface area contributed by atoms with Gasteiger partial charge >= 0.3 is 0 Å². The molecule has 0 saturated carbocycles. The predicted octanol–water partition coefficient (Wildman–Crippen LogP) is 3.80. The van der Waals surface area contributed by atoms with Gasteiger partial charge in [-0.3, -0.25) is 9.30 Å². The van der Waals surface area contributed by atoms with Gasteiger partial charge in [0.15, 0.2) is 11.5 Å². The Kier molecular flexibility index (Phi) is 4.53. The molecule has 1 fully saturated rings. The SMILES string of the molecule is CN1CCCCC1c1nnc2ccc(OC3CCC(N)c4ccccc43)cn12. The van der Waals surface area contributed by atoms with Crippen molar-refractivity contribution in [1.82, 2.24) is 19.5 Å². The van der Waals surface area contributed by atoms with Gasteiger partial charge in [-0.05, 0) is 62.5 Å². The zero-order valence-electron chi connectivity index (χ0n) is 16.3. The highest BCUT2D eigenvalue weighted by molar-refractivity contribution is 5.42. The number of likely N-dealkylation sites (tertiary alicyclic amines) is 1. The van der Waals surface area contributed by atoms with Crippen molar-refractivity contribution in [1.29, 1.82) is 0 Å². The van der Waals surface area contributed by atoms with Crippen LogP contribution in [-0.2, 0) is 0 Å². The summed E-state index contributed by atoms with van der Waals surface area (Å²) in [5.74, 6) is 1.86. The Bertz CT molecular complexity index is 984. The van der Waals surface area contributed by atoms with Gasteiger partial charge in [0.25, 0.3) is 0 Å². The van der Waals surface area contributed by atoms with Crippen LogP contribution in [0, 0.1) is 0 Å². The summed E-state index contributed by atoms with van der Waals surface area (Å²) in [5.41, 5.74) is 9.57. The molecule has 0 spiro atoms. The van der Waals surface area contributed by atoms with Gasteiger partial charge in [0.2, 0.25) is 0 Å². The summed E-state index contributed by atoms with van der Waals surface area (Å²) in [4.78, 5) is 2.38. The van der Waals surface area contributed by atoms with Crippen LogP contribution in [0.4, 0.5) is 0 Å². The number of nitrogens with two attached hydrogens (primary N) is 1. The van der Waals surface area contributed by atoms with Gasteiger partial charge in [-0.15, -0.1) is 10.2 Å². The van der Waals surface area contributed by atoms with Gasteiger partial charge in [0.1, 0.15) is 11.9 Å². The molecule has 146 valence electrons. The second-order valence-electron chi connectivity index (χ2n) is 8.06. The van der Waals surface area contributed by atoms with E-state index in [1.807, 2.05) is 18.3 Å². The molecule has 0 radical (unpaired) electrons. The van der Waals surface area contributed by atoms with Crippen LogP contribution in [0.2, 0.25) is 0 Å². The summed E-state index contributed by atoms with van der Waals surface area (Å²) in [6.07, 6.45) is 7.55. The molecule has 2 aliphatic rings. The minimum atomic E-state index is 0.0331. The molecule has 3 unspecified atom stereocenters. The summed E-state index contributed by atoms with van der Waals surface area (Å²) in [6, 6.07) is 12.8. The van der Waals surface area contributed by atoms with Gasteiger partial charge < -0.3 is 10.5 Å². The molecule has 3 aromatic rings. The van der Waals surface area contributed by atoms with E-state index in [2.05, 4.69) is 50.8 Å². The van der Waals surface area contributed by atoms with E-state index in [4.69, 9.17) is 10.5 Å². The molecule has 1 saturated heterocycles. The highest BCUT2D eigenvalue weighted by Gasteiger charge is 2.27. The summed E-state index contributed by atoms with van der Waals surface area (Å²) in [6.45, 7) is 1.11. The maximum atomic E-state index is 6.43. The number of piperidine rings is 1. The first kappa shape index (κ1) is 17.6. The lowest BCUT2D eigenvalue weighted by molar-refractivity contribution is 0.173. The molecule has 0 amide bonds. The van der Waals surface area contributed by atoms with E-state index in [9.17, 15) is 0 Å². The minimum Gasteiger partial charge on any atom is -0.484 e. The van der Waals surface area contributed by atoms with Crippen LogP contribution < -0.4 is 10.5 Å². The molecule has 5 rings (SSSR count). The average molecular weight is 377 g/mol. The standard InChI is InChI=1S/C22H27N5O/c1-26-13-5-4-8-19(26)22-25-24-21-12-9-15(14-27(21)22)28-20-11-10-18(23)16-6-2-3-7-17(16)20/h2-3,6-7,9,12,14,18-20H,4-5,8,10-11,13,23H2,1H3. The summed E-state index contributed by atoms with van der Waals surface area (Å²) in [7, 11) is 2.17. The van der Waals surface area contributed by atoms with E-state index in [1.165, 1.54) is 24.0 Å². The Labute approximate surface area is 165 Å². The van der Waals surface area contributed by atoms with E-state index in [1.54, 1.807) is 0 Å². The molecule has 28 heavy (non-hydrogen) atoms. The topological polar surface area (TPSA) is 68.7 Å². The van der Waals surface area contributed by atoms with E-state index in [-0.39, 0.29) is 12.1 Å². The van der Waals surface area contributed by atoms with Gasteiger partial charge in [0, 0.05) is 6.04 Å². The van der Waals surface area contributed by atoms with Crippen molar-refractivity contribution < 1.29 is 4.74 Å². The lowest BCUT2D eigenvalue weighted by Crippen LogP contribution is -2.30. The number of hydrogen-bond acceptors (Lipinski definition) is 5. The first-order valence-corrected chi connectivity index (χ1v) is 10.3. The van der Waals surface area contributed by atoms with Crippen LogP contribution in [0.5, 0.6) is 5.75 Å². The van der Waals surface area contributed by atoms with Crippen LogP contribution in [0.1, 0.15) is 67.2 Å². The Morgan fingerprint density at radius 1 is 1.00 bits per heavy atom. The normalized spacial score (nSPS) is 25.6. The molecule has 3 heterocycles. The van der Waals surface area contributed by atoms with Crippen LogP contribution in [-0.4, -0.2) is 33.1 Å². The second-order valence-corrected chi connectivity index (χ2v) is 8.06. The molecule has 6 heteroatoms. The molecule has 1 aliphatic carbocycles. The quantitative estimate of drug-likeness (QED) is 0.752. The van der Waals surface area contributed by atoms with Crippen LogP contribution in [0.15, 0.2) is 42.6 Å². The van der Waals surface area contributed by atoms with E-state index in [0.717, 1.165) is 43.0 Å². The second kappa shape index (κ2) is 7.18. The van der Waals surface area contributed by atoms with Gasteiger partial charge in [-0.1, -0.05) is 30.7 Å². The number of benzene rings is 1. The first-order chi connectivity index (χ1) is 13.7. The number of nitrogens with zero attached hydrogens (tertiary/aromatic N) is 4. The minimum absolute atomic E-state index is 0.0331. The Balaban J connectivity index is 1.46. The number of fused-ring (bicyclic) bond motifs is 2. The van der Waals surface area contributed by atoms with Crippen molar-refractivity contribution in [2.75, 3.05) is 13.6 Å². The lowest BCUT2D eigenvalue weighted by Gasteiger charge is -2.31. The maximum absolute atomic E-state index is 6.43. The molecule has 2 aromatic heterocycles. The Morgan fingerprint density at radius 3 is 2.71 bits per heavy atom. The lowest BCUT2D eigenvalue weighted by atomic mass is 9.86. The third kappa shape index (κ3) is 3.06. The molecule has 1 aromatic carbocycles. The average Bonchev–Trinajstić information content (AvgIpc) is 3.14. The van der Waals surface area contributed by atoms with E-state index in [0.29, 0.717) is 6.04 Å². The molecular formula is C22H27N5O. The molecule has 3 atom stereocenters. The van der Waals surface area contributed by atoms with Gasteiger partial charge in [-0.2, -0.15) is 0 Å². The van der Waals surface area contributed by atoms with Crippen molar-refractivity contribution in [3.8, 4) is 5.75 Å². The smallest absolute Gasteiger partial charge is 0.161 e. The van der Waals surface area contributed by atoms with Gasteiger partial charge in [0.05, 0.1) is 12.2 Å². The highest BCUT2D eigenvalue weighted by Crippen LogP contribution is 2.38. The summed E-state index contributed by atoms with van der Waals surface area (Å²) < 4.78 is 8.53. The maximum Gasteiger partial charge on any atom is 0.161 e. The molecule has 0 bridgehead atoms. The fraction of sp³-hybridized carbons (Fsp3) is 0.455. The summed E-state index contributed by atoms with van der Waals surface area (Å²) >= 11 is 0. The van der Waals surface area contributed by atoms with Crippen LogP contribution >= 0.6 is 0 Å². The molecule has 1 aliphatic heterocycles. The largest absolute Gasteiger partial charge is 0.484 e. The van der Waals surface area contributed by atoms with Crippen molar-refractivity contribution in [3.05, 3.63) is 59.5 Å². The molecular weight excluding hydrogens is 350 g/mol. The zero-order chi connectivity index (χ0) is 19.1. The number of ether oxygens (including phenoxy) is 1. The van der Waals surface area contributed by atoms with Crippen molar-refractivity contribution in [2.24, 2.45) is 5.73 Å². The molecule has 6 nitrogen and oxygen atoms in total. The Morgan fingerprint density at radius 2 is 1.86 bits per heavy atom. The number of hydrogen-bond donors (Lipinski definition) is 1. The van der Waals surface area contributed by atoms with E-state index >= 15 is 0 Å². The summed E-state index contributed by atoms with van der Waals surface area (Å²) in [5, 5.41) is 8.88. The van der Waals surface area contributed by atoms with Crippen LogP contribution in [0.3, 0.4) is 0 Å². The number of aromatic nitrogens is 3. The number of pyridine rings is 1. The third-order valence-corrected chi connectivity index (χ3v) is 6.23. The monoisotopic (exact) mass is 377 g/mol. The molecule has 2 N–H and O–H groups in total. The third-order valence-electron chi connectivity index (χ3n) is 6.23. The van der Waals surface area contributed by atoms with Crippen molar-refractivity contribution >= 4 is 5.65 Å². The van der Waals surface area contributed by atoms with Gasteiger partial charge in [-0.25, -0.2) is 0 Å². The number of rotatable bonds is 3.